The van der Waals surface area contributed by atoms with Crippen molar-refractivity contribution in [1.82, 2.24) is 0 Å². The predicted octanol–water partition coefficient (Wildman–Crippen LogP) is 2.87. The van der Waals surface area contributed by atoms with Gasteiger partial charge in [-0.2, -0.15) is 0 Å². The maximum atomic E-state index is 11.3. The molecule has 1 aliphatic rings. The number of rotatable bonds is 4. The molecule has 2 rings (SSSR count). The Morgan fingerprint density at radius 3 is 2.58 bits per heavy atom. The van der Waals surface area contributed by atoms with E-state index in [0.717, 1.165) is 25.7 Å². The average molecular weight is 264 g/mol. The van der Waals surface area contributed by atoms with Crippen molar-refractivity contribution in [3.05, 3.63) is 34.4 Å². The van der Waals surface area contributed by atoms with E-state index in [0.29, 0.717) is 23.5 Å². The SMILES string of the molecule is COc1cc(/C=C/C2CCC(OC)CC2)oc(=O)c1. The second kappa shape index (κ2) is 6.57. The fraction of sp³-hybridized carbons (Fsp3) is 0.533. The van der Waals surface area contributed by atoms with Crippen molar-refractivity contribution in [2.45, 2.75) is 31.8 Å². The van der Waals surface area contributed by atoms with Crippen LogP contribution in [0.25, 0.3) is 6.08 Å². The normalized spacial score (nSPS) is 23.7. The van der Waals surface area contributed by atoms with Gasteiger partial charge in [0.1, 0.15) is 11.5 Å². The Bertz CT molecular complexity index is 481. The summed E-state index contributed by atoms with van der Waals surface area (Å²) >= 11 is 0. The van der Waals surface area contributed by atoms with Crippen LogP contribution in [0.4, 0.5) is 0 Å². The molecule has 1 fully saturated rings. The van der Waals surface area contributed by atoms with Gasteiger partial charge in [0, 0.05) is 13.2 Å². The largest absolute Gasteiger partial charge is 0.496 e. The van der Waals surface area contributed by atoms with Crippen molar-refractivity contribution in [3.8, 4) is 5.75 Å². The Hall–Kier alpha value is -1.55. The van der Waals surface area contributed by atoms with Crippen LogP contribution >= 0.6 is 0 Å². The summed E-state index contributed by atoms with van der Waals surface area (Å²) in [7, 11) is 3.31. The second-order valence-electron chi connectivity index (χ2n) is 4.85. The summed E-state index contributed by atoms with van der Waals surface area (Å²) in [5.41, 5.74) is -0.387. The van der Waals surface area contributed by atoms with Crippen LogP contribution in [0.1, 0.15) is 31.4 Å². The highest BCUT2D eigenvalue weighted by Crippen LogP contribution is 2.27. The summed E-state index contributed by atoms with van der Waals surface area (Å²) in [6, 6.07) is 3.06. The van der Waals surface area contributed by atoms with Gasteiger partial charge in [-0.1, -0.05) is 6.08 Å². The van der Waals surface area contributed by atoms with Gasteiger partial charge in [-0.05, 0) is 37.7 Å². The van der Waals surface area contributed by atoms with E-state index in [2.05, 4.69) is 6.08 Å². The first-order chi connectivity index (χ1) is 9.21. The molecule has 0 bridgehead atoms. The van der Waals surface area contributed by atoms with E-state index in [-0.39, 0.29) is 5.63 Å². The van der Waals surface area contributed by atoms with E-state index >= 15 is 0 Å². The Labute approximate surface area is 113 Å². The summed E-state index contributed by atoms with van der Waals surface area (Å²) < 4.78 is 15.5. The van der Waals surface area contributed by atoms with Gasteiger partial charge in [0.2, 0.25) is 0 Å². The maximum absolute atomic E-state index is 11.3. The molecule has 0 atom stereocenters. The minimum atomic E-state index is -0.387. The highest BCUT2D eigenvalue weighted by molar-refractivity contribution is 5.45. The van der Waals surface area contributed by atoms with Gasteiger partial charge in [0.05, 0.1) is 19.3 Å². The molecule has 0 amide bonds. The first kappa shape index (κ1) is 13.9. The van der Waals surface area contributed by atoms with E-state index in [9.17, 15) is 4.79 Å². The van der Waals surface area contributed by atoms with Gasteiger partial charge < -0.3 is 13.9 Å². The fourth-order valence-electron chi connectivity index (χ4n) is 2.42. The summed E-state index contributed by atoms with van der Waals surface area (Å²) in [6.07, 6.45) is 8.79. The standard InChI is InChI=1S/C15H20O4/c1-17-12-6-3-11(4-7-12)5-8-13-9-14(18-2)10-15(16)19-13/h5,8-12H,3-4,6-7H2,1-2H3/b8-5+. The van der Waals surface area contributed by atoms with Gasteiger partial charge in [-0.25, -0.2) is 4.79 Å². The quantitative estimate of drug-likeness (QED) is 0.839. The van der Waals surface area contributed by atoms with E-state index < -0.39 is 0 Å². The van der Waals surface area contributed by atoms with Crippen LogP contribution in [0.2, 0.25) is 0 Å². The number of hydrogen-bond donors (Lipinski definition) is 0. The van der Waals surface area contributed by atoms with E-state index in [4.69, 9.17) is 13.9 Å². The van der Waals surface area contributed by atoms with Gasteiger partial charge in [-0.15, -0.1) is 0 Å². The van der Waals surface area contributed by atoms with Crippen molar-refractivity contribution >= 4 is 6.08 Å². The molecule has 1 aliphatic carbocycles. The molecule has 1 heterocycles. The lowest BCUT2D eigenvalue weighted by molar-refractivity contribution is 0.0627. The van der Waals surface area contributed by atoms with E-state index in [1.807, 2.05) is 6.08 Å². The van der Waals surface area contributed by atoms with Crippen molar-refractivity contribution < 1.29 is 13.9 Å². The summed E-state index contributed by atoms with van der Waals surface area (Å²) in [5.74, 6) is 1.60. The second-order valence-corrected chi connectivity index (χ2v) is 4.85. The Kier molecular flexibility index (Phi) is 4.80. The third-order valence-electron chi connectivity index (χ3n) is 3.58. The summed E-state index contributed by atoms with van der Waals surface area (Å²) in [4.78, 5) is 11.3. The molecule has 19 heavy (non-hydrogen) atoms. The minimum Gasteiger partial charge on any atom is -0.496 e. The molecule has 0 unspecified atom stereocenters. The molecule has 104 valence electrons. The molecular formula is C15H20O4. The number of hydrogen-bond acceptors (Lipinski definition) is 4. The van der Waals surface area contributed by atoms with E-state index in [1.54, 1.807) is 13.2 Å². The van der Waals surface area contributed by atoms with Crippen molar-refractivity contribution in [3.63, 3.8) is 0 Å². The minimum absolute atomic E-state index is 0.387. The Morgan fingerprint density at radius 1 is 1.21 bits per heavy atom. The van der Waals surface area contributed by atoms with Gasteiger partial charge in [-0.3, -0.25) is 0 Å². The first-order valence-electron chi connectivity index (χ1n) is 6.61. The van der Waals surface area contributed by atoms with Crippen LogP contribution < -0.4 is 10.4 Å². The van der Waals surface area contributed by atoms with Crippen LogP contribution in [0.15, 0.2) is 27.4 Å². The zero-order chi connectivity index (χ0) is 13.7. The van der Waals surface area contributed by atoms with Crippen LogP contribution in [0.5, 0.6) is 5.75 Å². The van der Waals surface area contributed by atoms with Crippen LogP contribution in [0, 0.1) is 5.92 Å². The molecule has 4 nitrogen and oxygen atoms in total. The molecule has 0 spiro atoms. The van der Waals surface area contributed by atoms with Crippen molar-refractivity contribution in [2.24, 2.45) is 5.92 Å². The maximum Gasteiger partial charge on any atom is 0.339 e. The van der Waals surface area contributed by atoms with Gasteiger partial charge in [0.25, 0.3) is 0 Å². The van der Waals surface area contributed by atoms with E-state index in [1.165, 1.54) is 13.2 Å². The number of methoxy groups -OCH3 is 2. The smallest absolute Gasteiger partial charge is 0.339 e. The first-order valence-corrected chi connectivity index (χ1v) is 6.61. The Balaban J connectivity index is 1.99. The third-order valence-corrected chi connectivity index (χ3v) is 3.58. The van der Waals surface area contributed by atoms with Crippen molar-refractivity contribution in [1.29, 1.82) is 0 Å². The lowest BCUT2D eigenvalue weighted by atomic mass is 9.87. The molecule has 0 aromatic carbocycles. The summed E-state index contributed by atoms with van der Waals surface area (Å²) in [5, 5.41) is 0. The molecule has 0 aliphatic heterocycles. The Morgan fingerprint density at radius 2 is 1.95 bits per heavy atom. The molecule has 1 aromatic heterocycles. The zero-order valence-corrected chi connectivity index (χ0v) is 11.4. The molecule has 0 saturated heterocycles. The van der Waals surface area contributed by atoms with Crippen molar-refractivity contribution in [2.75, 3.05) is 14.2 Å². The molecule has 4 heteroatoms. The highest BCUT2D eigenvalue weighted by Gasteiger charge is 2.18. The van der Waals surface area contributed by atoms with Gasteiger partial charge >= 0.3 is 5.63 Å². The number of allylic oxidation sites excluding steroid dienone is 1. The fourth-order valence-corrected chi connectivity index (χ4v) is 2.42. The molecule has 1 saturated carbocycles. The highest BCUT2D eigenvalue weighted by atomic mass is 16.5. The van der Waals surface area contributed by atoms with Gasteiger partial charge in [0.15, 0.2) is 0 Å². The van der Waals surface area contributed by atoms with Crippen LogP contribution in [-0.2, 0) is 4.74 Å². The number of ether oxygens (including phenoxy) is 2. The lowest BCUT2D eigenvalue weighted by Gasteiger charge is -2.25. The molecular weight excluding hydrogens is 244 g/mol. The summed E-state index contributed by atoms with van der Waals surface area (Å²) in [6.45, 7) is 0. The third kappa shape index (κ3) is 3.96. The zero-order valence-electron chi connectivity index (χ0n) is 11.4. The van der Waals surface area contributed by atoms with Crippen LogP contribution in [0.3, 0.4) is 0 Å². The topological polar surface area (TPSA) is 48.7 Å². The lowest BCUT2D eigenvalue weighted by Crippen LogP contribution is -2.19. The monoisotopic (exact) mass is 264 g/mol. The molecule has 1 aromatic rings. The molecule has 0 radical (unpaired) electrons. The molecule has 0 N–H and O–H groups in total. The predicted molar refractivity (Wildman–Crippen MR) is 73.3 cm³/mol. The van der Waals surface area contributed by atoms with Crippen LogP contribution in [-0.4, -0.2) is 20.3 Å². The average Bonchev–Trinajstić information content (AvgIpc) is 2.45.